The second-order valence-corrected chi connectivity index (χ2v) is 9.23. The van der Waals surface area contributed by atoms with E-state index in [-0.39, 0.29) is 18.5 Å². The Morgan fingerprint density at radius 1 is 1.06 bits per heavy atom. The van der Waals surface area contributed by atoms with Gasteiger partial charge in [0, 0.05) is 22.5 Å². The standard InChI is InChI=1S/C26H20Cl2N4O2S/c27-16-9-10-18(19(28)14-16)21-11-12-22(34-21)25-24(20-8-4-5-13-29-20)31-26(35)32(25)15-23(33)30-17-6-2-1-3-7-17/h1-14,24-25H,15H2,(H,30,33)(H,31,35). The van der Waals surface area contributed by atoms with Gasteiger partial charge in [-0.05, 0) is 66.8 Å². The Kier molecular flexibility index (Phi) is 6.72. The first-order valence-corrected chi connectivity index (χ1v) is 12.0. The van der Waals surface area contributed by atoms with Crippen molar-refractivity contribution in [2.75, 3.05) is 11.9 Å². The maximum Gasteiger partial charge on any atom is 0.244 e. The van der Waals surface area contributed by atoms with Crippen LogP contribution < -0.4 is 10.6 Å². The van der Waals surface area contributed by atoms with Crippen LogP contribution >= 0.6 is 35.4 Å². The maximum absolute atomic E-state index is 12.9. The van der Waals surface area contributed by atoms with Crippen molar-refractivity contribution in [2.45, 2.75) is 12.1 Å². The lowest BCUT2D eigenvalue weighted by Gasteiger charge is -2.25. The summed E-state index contributed by atoms with van der Waals surface area (Å²) >= 11 is 18.1. The monoisotopic (exact) mass is 522 g/mol. The molecule has 0 bridgehead atoms. The van der Waals surface area contributed by atoms with Crippen molar-refractivity contribution in [3.05, 3.63) is 107 Å². The Bertz CT molecular complexity index is 1360. The maximum atomic E-state index is 12.9. The number of amides is 1. The molecule has 3 heterocycles. The van der Waals surface area contributed by atoms with E-state index >= 15 is 0 Å². The van der Waals surface area contributed by atoms with Crippen LogP contribution in [0.4, 0.5) is 5.69 Å². The lowest BCUT2D eigenvalue weighted by Crippen LogP contribution is -2.36. The fraction of sp³-hybridized carbons (Fsp3) is 0.115. The zero-order chi connectivity index (χ0) is 24.4. The van der Waals surface area contributed by atoms with Gasteiger partial charge < -0.3 is 20.0 Å². The molecular formula is C26H20Cl2N4O2S. The number of aromatic nitrogens is 1. The average Bonchev–Trinajstić information content (AvgIpc) is 3.45. The highest BCUT2D eigenvalue weighted by molar-refractivity contribution is 7.80. The Labute approximate surface area is 217 Å². The Morgan fingerprint density at radius 2 is 1.86 bits per heavy atom. The molecule has 2 atom stereocenters. The minimum absolute atomic E-state index is 0.0342. The topological polar surface area (TPSA) is 70.4 Å². The quantitative estimate of drug-likeness (QED) is 0.291. The molecule has 1 aliphatic heterocycles. The van der Waals surface area contributed by atoms with E-state index in [1.54, 1.807) is 18.3 Å². The molecule has 2 N–H and O–H groups in total. The van der Waals surface area contributed by atoms with Gasteiger partial charge in [0.15, 0.2) is 5.11 Å². The van der Waals surface area contributed by atoms with Crippen LogP contribution in [0, 0.1) is 0 Å². The van der Waals surface area contributed by atoms with Crippen LogP contribution in [0.3, 0.4) is 0 Å². The molecule has 2 aromatic heterocycles. The number of furan rings is 1. The number of halogens is 2. The molecule has 0 saturated carbocycles. The zero-order valence-electron chi connectivity index (χ0n) is 18.3. The predicted octanol–water partition coefficient (Wildman–Crippen LogP) is 6.26. The summed E-state index contributed by atoms with van der Waals surface area (Å²) < 4.78 is 6.28. The molecule has 1 amide bonds. The molecule has 176 valence electrons. The van der Waals surface area contributed by atoms with Gasteiger partial charge in [-0.15, -0.1) is 0 Å². The summed E-state index contributed by atoms with van der Waals surface area (Å²) in [4.78, 5) is 19.3. The molecule has 35 heavy (non-hydrogen) atoms. The first-order chi connectivity index (χ1) is 17.0. The van der Waals surface area contributed by atoms with E-state index in [1.165, 1.54) is 0 Å². The number of hydrogen-bond acceptors (Lipinski definition) is 4. The van der Waals surface area contributed by atoms with Gasteiger partial charge in [-0.2, -0.15) is 0 Å². The van der Waals surface area contributed by atoms with Crippen molar-refractivity contribution in [2.24, 2.45) is 0 Å². The molecule has 2 aromatic carbocycles. The van der Waals surface area contributed by atoms with Crippen molar-refractivity contribution in [1.29, 1.82) is 0 Å². The van der Waals surface area contributed by atoms with Crippen LogP contribution in [0.25, 0.3) is 11.3 Å². The third-order valence-corrected chi connectivity index (χ3v) is 6.58. The third kappa shape index (κ3) is 5.03. The summed E-state index contributed by atoms with van der Waals surface area (Å²) in [5.41, 5.74) is 2.22. The molecule has 6 nitrogen and oxygen atoms in total. The molecule has 0 radical (unpaired) electrons. The van der Waals surface area contributed by atoms with Crippen molar-refractivity contribution < 1.29 is 9.21 Å². The van der Waals surface area contributed by atoms with E-state index in [0.29, 0.717) is 32.4 Å². The highest BCUT2D eigenvalue weighted by Gasteiger charge is 2.42. The molecular weight excluding hydrogens is 503 g/mol. The SMILES string of the molecule is O=C(CN1C(=S)NC(c2ccccn2)C1c1ccc(-c2ccc(Cl)cc2Cl)o1)Nc1ccccc1. The van der Waals surface area contributed by atoms with Crippen molar-refractivity contribution in [1.82, 2.24) is 15.2 Å². The number of nitrogens with zero attached hydrogens (tertiary/aromatic N) is 2. The van der Waals surface area contributed by atoms with Crippen molar-refractivity contribution in [3.63, 3.8) is 0 Å². The summed E-state index contributed by atoms with van der Waals surface area (Å²) in [7, 11) is 0. The predicted molar refractivity (Wildman–Crippen MR) is 141 cm³/mol. The molecule has 0 aliphatic carbocycles. The summed E-state index contributed by atoms with van der Waals surface area (Å²) in [6, 6.07) is 23.2. The number of anilines is 1. The Hall–Kier alpha value is -3.39. The summed E-state index contributed by atoms with van der Waals surface area (Å²) in [5.74, 6) is 1.02. The lowest BCUT2D eigenvalue weighted by atomic mass is 10.0. The summed E-state index contributed by atoms with van der Waals surface area (Å²) in [6.45, 7) is 0.0342. The molecule has 1 aliphatic rings. The highest BCUT2D eigenvalue weighted by Crippen LogP contribution is 2.41. The molecule has 9 heteroatoms. The smallest absolute Gasteiger partial charge is 0.244 e. The molecule has 4 aromatic rings. The van der Waals surface area contributed by atoms with Crippen LogP contribution in [0.5, 0.6) is 0 Å². The van der Waals surface area contributed by atoms with E-state index in [1.807, 2.05) is 71.6 Å². The molecule has 0 spiro atoms. The van der Waals surface area contributed by atoms with Gasteiger partial charge in [0.2, 0.25) is 5.91 Å². The van der Waals surface area contributed by atoms with Gasteiger partial charge >= 0.3 is 0 Å². The van der Waals surface area contributed by atoms with Crippen LogP contribution in [-0.4, -0.2) is 27.4 Å². The highest BCUT2D eigenvalue weighted by atomic mass is 35.5. The molecule has 1 fully saturated rings. The summed E-state index contributed by atoms with van der Waals surface area (Å²) in [6.07, 6.45) is 1.73. The minimum Gasteiger partial charge on any atom is -0.459 e. The largest absolute Gasteiger partial charge is 0.459 e. The second-order valence-electron chi connectivity index (χ2n) is 7.99. The van der Waals surface area contributed by atoms with Crippen LogP contribution in [0.1, 0.15) is 23.5 Å². The fourth-order valence-electron chi connectivity index (χ4n) is 4.11. The number of hydrogen-bond donors (Lipinski definition) is 2. The van der Waals surface area contributed by atoms with E-state index in [4.69, 9.17) is 39.8 Å². The first-order valence-electron chi connectivity index (χ1n) is 10.9. The van der Waals surface area contributed by atoms with E-state index < -0.39 is 6.04 Å². The van der Waals surface area contributed by atoms with E-state index in [2.05, 4.69) is 15.6 Å². The van der Waals surface area contributed by atoms with E-state index in [0.717, 1.165) is 11.3 Å². The molecule has 2 unspecified atom stereocenters. The van der Waals surface area contributed by atoms with Gasteiger partial charge in [0.25, 0.3) is 0 Å². The third-order valence-electron chi connectivity index (χ3n) is 5.68. The summed E-state index contributed by atoms with van der Waals surface area (Å²) in [5, 5.41) is 7.70. The Morgan fingerprint density at radius 3 is 2.60 bits per heavy atom. The minimum atomic E-state index is -0.404. The number of thiocarbonyl (C=S) groups is 1. The molecule has 5 rings (SSSR count). The number of rotatable bonds is 6. The van der Waals surface area contributed by atoms with Gasteiger partial charge in [-0.1, -0.05) is 47.5 Å². The van der Waals surface area contributed by atoms with Crippen LogP contribution in [0.15, 0.2) is 89.5 Å². The van der Waals surface area contributed by atoms with Gasteiger partial charge in [-0.3, -0.25) is 9.78 Å². The number of pyridine rings is 1. The van der Waals surface area contributed by atoms with Gasteiger partial charge in [0.05, 0.1) is 16.8 Å². The van der Waals surface area contributed by atoms with Crippen molar-refractivity contribution >= 4 is 52.1 Å². The van der Waals surface area contributed by atoms with Crippen LogP contribution in [0.2, 0.25) is 10.0 Å². The Balaban J connectivity index is 1.47. The van der Waals surface area contributed by atoms with Gasteiger partial charge in [-0.25, -0.2) is 0 Å². The fourth-order valence-corrected chi connectivity index (χ4v) is 4.91. The van der Waals surface area contributed by atoms with Gasteiger partial charge in [0.1, 0.15) is 24.1 Å². The first kappa shape index (κ1) is 23.4. The lowest BCUT2D eigenvalue weighted by molar-refractivity contribution is -0.116. The van der Waals surface area contributed by atoms with Crippen LogP contribution in [-0.2, 0) is 4.79 Å². The normalized spacial score (nSPS) is 17.3. The average molecular weight is 523 g/mol. The number of carbonyl (C=O) groups excluding carboxylic acids is 1. The second kappa shape index (κ2) is 10.1. The number of nitrogens with one attached hydrogen (secondary N) is 2. The number of benzene rings is 2. The van der Waals surface area contributed by atoms with Crippen molar-refractivity contribution in [3.8, 4) is 11.3 Å². The van der Waals surface area contributed by atoms with E-state index in [9.17, 15) is 4.79 Å². The molecule has 1 saturated heterocycles. The number of carbonyl (C=O) groups is 1. The zero-order valence-corrected chi connectivity index (χ0v) is 20.6. The number of para-hydroxylation sites is 1.